The van der Waals surface area contributed by atoms with Crippen molar-refractivity contribution in [1.82, 2.24) is 14.3 Å². The molecule has 3 rings (SSSR count). The van der Waals surface area contributed by atoms with E-state index in [1.165, 1.54) is 6.07 Å². The van der Waals surface area contributed by atoms with Gasteiger partial charge in [0.15, 0.2) is 0 Å². The zero-order valence-corrected chi connectivity index (χ0v) is 12.7. The van der Waals surface area contributed by atoms with Crippen molar-refractivity contribution < 1.29 is 13.2 Å². The summed E-state index contributed by atoms with van der Waals surface area (Å²) in [6, 6.07) is 3.17. The highest BCUT2D eigenvalue weighted by Gasteiger charge is 2.26. The fraction of sp³-hybridized carbons (Fsp3) is 0.308. The van der Waals surface area contributed by atoms with Gasteiger partial charge in [0, 0.05) is 42.5 Å². The summed E-state index contributed by atoms with van der Waals surface area (Å²) in [5, 5.41) is 0.397. The number of ether oxygens (including phenoxy) is 1. The van der Waals surface area contributed by atoms with Crippen molar-refractivity contribution in [3.63, 3.8) is 0 Å². The lowest BCUT2D eigenvalue weighted by molar-refractivity contribution is 0.348. The van der Waals surface area contributed by atoms with Gasteiger partial charge < -0.3 is 9.30 Å². The molecule has 0 bridgehead atoms. The number of halogens is 1. The maximum atomic E-state index is 12.4. The van der Waals surface area contributed by atoms with Crippen LogP contribution in [0, 0.1) is 0 Å². The summed E-state index contributed by atoms with van der Waals surface area (Å²) in [4.78, 5) is 4.01. The van der Waals surface area contributed by atoms with Gasteiger partial charge >= 0.3 is 0 Å². The average molecular weight is 328 g/mol. The topological polar surface area (TPSA) is 73.2 Å². The quantitative estimate of drug-likeness (QED) is 0.902. The third-order valence-electron chi connectivity index (χ3n) is 3.23. The Morgan fingerprint density at radius 1 is 1.43 bits per heavy atom. The van der Waals surface area contributed by atoms with E-state index >= 15 is 0 Å². The molecule has 0 saturated carbocycles. The van der Waals surface area contributed by atoms with Gasteiger partial charge in [-0.2, -0.15) is 0 Å². The van der Waals surface area contributed by atoms with Crippen molar-refractivity contribution in [3.05, 3.63) is 41.4 Å². The van der Waals surface area contributed by atoms with Crippen LogP contribution < -0.4 is 9.46 Å². The van der Waals surface area contributed by atoms with E-state index in [2.05, 4.69) is 9.71 Å². The molecule has 1 aliphatic heterocycles. The summed E-state index contributed by atoms with van der Waals surface area (Å²) in [6.45, 7) is 1.25. The summed E-state index contributed by atoms with van der Waals surface area (Å²) in [6.07, 6.45) is 5.72. The van der Waals surface area contributed by atoms with Crippen LogP contribution in [-0.4, -0.2) is 31.1 Å². The number of benzene rings is 1. The number of rotatable bonds is 5. The highest BCUT2D eigenvalue weighted by atomic mass is 35.5. The summed E-state index contributed by atoms with van der Waals surface area (Å²) in [5.74, 6) is 0.412. The summed E-state index contributed by atoms with van der Waals surface area (Å²) >= 11 is 5.99. The fourth-order valence-electron chi connectivity index (χ4n) is 2.24. The smallest absolute Gasteiger partial charge is 0.244 e. The fourth-order valence-corrected chi connectivity index (χ4v) is 3.78. The molecule has 0 saturated heterocycles. The number of fused-ring (bicyclic) bond motifs is 1. The summed E-state index contributed by atoms with van der Waals surface area (Å²) in [7, 11) is -3.65. The zero-order chi connectivity index (χ0) is 14.9. The Kier molecular flexibility index (Phi) is 3.88. The predicted octanol–water partition coefficient (Wildman–Crippen LogP) is 1.45. The molecule has 8 heteroatoms. The van der Waals surface area contributed by atoms with Gasteiger partial charge in [0.05, 0.1) is 12.9 Å². The first-order chi connectivity index (χ1) is 10.1. The Bertz CT molecular complexity index is 744. The Morgan fingerprint density at radius 2 is 2.29 bits per heavy atom. The second-order valence-corrected chi connectivity index (χ2v) is 6.86. The van der Waals surface area contributed by atoms with E-state index in [0.717, 1.165) is 5.56 Å². The number of hydrogen-bond acceptors (Lipinski definition) is 4. The molecule has 2 heterocycles. The van der Waals surface area contributed by atoms with E-state index in [-0.39, 0.29) is 11.4 Å². The molecule has 1 aromatic carbocycles. The van der Waals surface area contributed by atoms with E-state index in [1.807, 2.05) is 0 Å². The lowest BCUT2D eigenvalue weighted by Crippen LogP contribution is -2.27. The van der Waals surface area contributed by atoms with E-state index in [1.54, 1.807) is 29.4 Å². The van der Waals surface area contributed by atoms with Gasteiger partial charge in [0.1, 0.15) is 10.6 Å². The third-order valence-corrected chi connectivity index (χ3v) is 4.91. The molecule has 0 radical (unpaired) electrons. The van der Waals surface area contributed by atoms with Gasteiger partial charge in [0.25, 0.3) is 0 Å². The molecule has 0 amide bonds. The largest absolute Gasteiger partial charge is 0.492 e. The standard InChI is InChI=1S/C13H14ClN3O3S/c14-11-7-10-1-6-20-13(10)12(8-11)21(18,19)16-3-5-17-4-2-15-9-17/h2,4,7-9,16H,1,3,5-6H2. The Balaban J connectivity index is 1.79. The average Bonchev–Trinajstić information content (AvgIpc) is 3.08. The van der Waals surface area contributed by atoms with Crippen LogP contribution in [0.15, 0.2) is 35.7 Å². The Hall–Kier alpha value is -1.57. The van der Waals surface area contributed by atoms with Gasteiger partial charge in [-0.1, -0.05) is 11.6 Å². The SMILES string of the molecule is O=S(=O)(NCCn1ccnc1)c1cc(Cl)cc2c1OCC2. The van der Waals surface area contributed by atoms with Crippen molar-refractivity contribution in [2.45, 2.75) is 17.9 Å². The van der Waals surface area contributed by atoms with Crippen LogP contribution in [-0.2, 0) is 23.0 Å². The molecule has 0 spiro atoms. The Labute approximate surface area is 127 Å². The second kappa shape index (κ2) is 5.67. The van der Waals surface area contributed by atoms with Crippen LogP contribution in [0.25, 0.3) is 0 Å². The van der Waals surface area contributed by atoms with Crippen LogP contribution in [0.5, 0.6) is 5.75 Å². The monoisotopic (exact) mass is 327 g/mol. The van der Waals surface area contributed by atoms with Gasteiger partial charge in [-0.3, -0.25) is 0 Å². The van der Waals surface area contributed by atoms with Gasteiger partial charge in [-0.05, 0) is 12.1 Å². The number of imidazole rings is 1. The molecule has 0 aliphatic carbocycles. The first-order valence-electron chi connectivity index (χ1n) is 6.47. The van der Waals surface area contributed by atoms with Crippen LogP contribution in [0.2, 0.25) is 5.02 Å². The molecule has 1 aromatic heterocycles. The lowest BCUT2D eigenvalue weighted by atomic mass is 10.2. The Morgan fingerprint density at radius 3 is 3.05 bits per heavy atom. The summed E-state index contributed by atoms with van der Waals surface area (Å²) in [5.41, 5.74) is 0.831. The van der Waals surface area contributed by atoms with Crippen molar-refractivity contribution in [1.29, 1.82) is 0 Å². The minimum atomic E-state index is -3.65. The molecule has 21 heavy (non-hydrogen) atoms. The first kappa shape index (κ1) is 14.4. The number of nitrogens with zero attached hydrogens (tertiary/aromatic N) is 2. The number of hydrogen-bond donors (Lipinski definition) is 1. The molecule has 112 valence electrons. The molecule has 0 fully saturated rings. The van der Waals surface area contributed by atoms with Crippen LogP contribution in [0.4, 0.5) is 0 Å². The number of nitrogens with one attached hydrogen (secondary N) is 1. The van der Waals surface area contributed by atoms with Crippen LogP contribution >= 0.6 is 11.6 Å². The third kappa shape index (κ3) is 3.04. The molecule has 1 aliphatic rings. The number of aromatic nitrogens is 2. The molecule has 1 N–H and O–H groups in total. The first-order valence-corrected chi connectivity index (χ1v) is 8.33. The highest BCUT2D eigenvalue weighted by Crippen LogP contribution is 2.35. The van der Waals surface area contributed by atoms with Crippen molar-refractivity contribution in [2.75, 3.05) is 13.2 Å². The molecule has 2 aromatic rings. The minimum absolute atomic E-state index is 0.105. The van der Waals surface area contributed by atoms with E-state index < -0.39 is 10.0 Å². The van der Waals surface area contributed by atoms with E-state index in [4.69, 9.17) is 16.3 Å². The van der Waals surface area contributed by atoms with E-state index in [9.17, 15) is 8.42 Å². The van der Waals surface area contributed by atoms with Crippen LogP contribution in [0.1, 0.15) is 5.56 Å². The zero-order valence-electron chi connectivity index (χ0n) is 11.1. The molecule has 0 atom stereocenters. The van der Waals surface area contributed by atoms with Crippen molar-refractivity contribution >= 4 is 21.6 Å². The van der Waals surface area contributed by atoms with Crippen LogP contribution in [0.3, 0.4) is 0 Å². The maximum Gasteiger partial charge on any atom is 0.244 e. The van der Waals surface area contributed by atoms with Gasteiger partial charge in [-0.25, -0.2) is 18.1 Å². The molecule has 6 nitrogen and oxygen atoms in total. The normalized spacial score (nSPS) is 14.0. The minimum Gasteiger partial charge on any atom is -0.492 e. The predicted molar refractivity (Wildman–Crippen MR) is 78.1 cm³/mol. The lowest BCUT2D eigenvalue weighted by Gasteiger charge is -2.11. The number of sulfonamides is 1. The second-order valence-electron chi connectivity index (χ2n) is 4.69. The maximum absolute atomic E-state index is 12.4. The van der Waals surface area contributed by atoms with E-state index in [0.29, 0.717) is 30.3 Å². The highest BCUT2D eigenvalue weighted by molar-refractivity contribution is 7.89. The molecule has 0 unspecified atom stereocenters. The van der Waals surface area contributed by atoms with Crippen molar-refractivity contribution in [3.8, 4) is 5.75 Å². The summed E-state index contributed by atoms with van der Waals surface area (Å²) < 4.78 is 34.6. The molecular weight excluding hydrogens is 314 g/mol. The molecular formula is C13H14ClN3O3S. The van der Waals surface area contributed by atoms with Crippen molar-refractivity contribution in [2.24, 2.45) is 0 Å². The van der Waals surface area contributed by atoms with Gasteiger partial charge in [-0.15, -0.1) is 0 Å². The van der Waals surface area contributed by atoms with Gasteiger partial charge in [0.2, 0.25) is 10.0 Å².